The fourth-order valence-electron chi connectivity index (χ4n) is 1.97. The molecule has 6 nitrogen and oxygen atoms in total. The first kappa shape index (κ1) is 17.2. The predicted molar refractivity (Wildman–Crippen MR) is 93.3 cm³/mol. The summed E-state index contributed by atoms with van der Waals surface area (Å²) in [6, 6.07) is 12.6. The number of hydrazone groups is 1. The molecule has 6 heteroatoms. The summed E-state index contributed by atoms with van der Waals surface area (Å²) in [5, 5.41) is 6.35. The number of rotatable bonds is 4. The number of hydrogen-bond donors (Lipinski definition) is 2. The molecular weight excluding hydrogens is 306 g/mol. The molecule has 0 saturated heterocycles. The molecule has 2 amide bonds. The van der Waals surface area contributed by atoms with Crippen molar-refractivity contribution in [1.82, 2.24) is 5.43 Å². The second-order valence-corrected chi connectivity index (χ2v) is 5.17. The fourth-order valence-corrected chi connectivity index (χ4v) is 1.97. The topological polar surface area (TPSA) is 79.8 Å². The van der Waals surface area contributed by atoms with Gasteiger partial charge in [0, 0.05) is 5.69 Å². The van der Waals surface area contributed by atoms with Crippen molar-refractivity contribution in [3.05, 3.63) is 59.2 Å². The van der Waals surface area contributed by atoms with Crippen LogP contribution in [0.3, 0.4) is 0 Å². The fraction of sp³-hybridized carbons (Fsp3) is 0.167. The number of hydrogen-bond acceptors (Lipinski definition) is 4. The summed E-state index contributed by atoms with van der Waals surface area (Å²) in [6.45, 7) is 3.81. The van der Waals surface area contributed by atoms with Gasteiger partial charge in [0.1, 0.15) is 5.75 Å². The standard InChI is InChI=1S/C18H19N3O3/c1-12-5-4-6-16(13(12)2)20-17(22)18(23)21-19-11-14-7-9-15(24-3)10-8-14/h4-11H,1-3H3,(H,20,22)(H,21,23)/b19-11+. The highest BCUT2D eigenvalue weighted by atomic mass is 16.5. The highest BCUT2D eigenvalue weighted by Crippen LogP contribution is 2.17. The van der Waals surface area contributed by atoms with Crippen molar-refractivity contribution in [2.75, 3.05) is 12.4 Å². The molecule has 0 bridgehead atoms. The molecule has 0 atom stereocenters. The van der Waals surface area contributed by atoms with Crippen LogP contribution in [0.25, 0.3) is 0 Å². The van der Waals surface area contributed by atoms with Gasteiger partial charge in [-0.3, -0.25) is 9.59 Å². The lowest BCUT2D eigenvalue weighted by atomic mass is 10.1. The third kappa shape index (κ3) is 4.42. The summed E-state index contributed by atoms with van der Waals surface area (Å²) in [4.78, 5) is 23.7. The zero-order chi connectivity index (χ0) is 17.5. The highest BCUT2D eigenvalue weighted by Gasteiger charge is 2.14. The highest BCUT2D eigenvalue weighted by molar-refractivity contribution is 6.39. The van der Waals surface area contributed by atoms with Crippen LogP contribution in [-0.4, -0.2) is 25.1 Å². The summed E-state index contributed by atoms with van der Waals surface area (Å²) in [7, 11) is 1.58. The maximum atomic E-state index is 11.9. The van der Waals surface area contributed by atoms with E-state index in [0.717, 1.165) is 22.4 Å². The number of benzene rings is 2. The maximum Gasteiger partial charge on any atom is 0.329 e. The van der Waals surface area contributed by atoms with Gasteiger partial charge in [0.25, 0.3) is 0 Å². The average molecular weight is 325 g/mol. The van der Waals surface area contributed by atoms with E-state index < -0.39 is 11.8 Å². The van der Waals surface area contributed by atoms with E-state index in [1.165, 1.54) is 6.21 Å². The summed E-state index contributed by atoms with van der Waals surface area (Å²) >= 11 is 0. The molecule has 2 N–H and O–H groups in total. The third-order valence-electron chi connectivity index (χ3n) is 3.55. The lowest BCUT2D eigenvalue weighted by Crippen LogP contribution is -2.32. The molecule has 0 aliphatic carbocycles. The van der Waals surface area contributed by atoms with Crippen molar-refractivity contribution in [2.45, 2.75) is 13.8 Å². The van der Waals surface area contributed by atoms with Crippen LogP contribution in [0.5, 0.6) is 5.75 Å². The van der Waals surface area contributed by atoms with Crippen molar-refractivity contribution in [3.63, 3.8) is 0 Å². The van der Waals surface area contributed by atoms with Crippen LogP contribution < -0.4 is 15.5 Å². The Morgan fingerprint density at radius 1 is 1.04 bits per heavy atom. The molecule has 24 heavy (non-hydrogen) atoms. The Labute approximate surface area is 140 Å². The third-order valence-corrected chi connectivity index (χ3v) is 3.55. The van der Waals surface area contributed by atoms with Crippen molar-refractivity contribution in [3.8, 4) is 5.75 Å². The first-order chi connectivity index (χ1) is 11.5. The van der Waals surface area contributed by atoms with Gasteiger partial charge >= 0.3 is 11.8 Å². The molecule has 0 aliphatic rings. The molecule has 2 aromatic carbocycles. The number of amides is 2. The van der Waals surface area contributed by atoms with E-state index in [4.69, 9.17) is 4.74 Å². The Morgan fingerprint density at radius 3 is 2.42 bits per heavy atom. The molecular formula is C18H19N3O3. The second-order valence-electron chi connectivity index (χ2n) is 5.17. The first-order valence-corrected chi connectivity index (χ1v) is 7.36. The molecule has 0 spiro atoms. The zero-order valence-electron chi connectivity index (χ0n) is 13.8. The Kier molecular flexibility index (Phi) is 5.68. The Hall–Kier alpha value is -3.15. The van der Waals surface area contributed by atoms with E-state index in [1.54, 1.807) is 37.4 Å². The molecule has 2 aromatic rings. The van der Waals surface area contributed by atoms with Gasteiger partial charge in [0.05, 0.1) is 13.3 Å². The summed E-state index contributed by atoms with van der Waals surface area (Å²) in [5.74, 6) is -0.875. The lowest BCUT2D eigenvalue weighted by molar-refractivity contribution is -0.136. The quantitative estimate of drug-likeness (QED) is 0.515. The zero-order valence-corrected chi connectivity index (χ0v) is 13.8. The van der Waals surface area contributed by atoms with Crippen LogP contribution in [0.15, 0.2) is 47.6 Å². The van der Waals surface area contributed by atoms with Crippen LogP contribution in [0.4, 0.5) is 5.69 Å². The molecule has 0 aromatic heterocycles. The largest absolute Gasteiger partial charge is 0.497 e. The minimum absolute atomic E-state index is 0.606. The van der Waals surface area contributed by atoms with Gasteiger partial charge in [-0.25, -0.2) is 5.43 Å². The molecule has 0 unspecified atom stereocenters. The lowest BCUT2D eigenvalue weighted by Gasteiger charge is -2.09. The van der Waals surface area contributed by atoms with Gasteiger partial charge in [-0.2, -0.15) is 5.10 Å². The summed E-state index contributed by atoms with van der Waals surface area (Å²) in [5.41, 5.74) is 5.53. The van der Waals surface area contributed by atoms with Crippen molar-refractivity contribution in [1.29, 1.82) is 0 Å². The smallest absolute Gasteiger partial charge is 0.329 e. The number of methoxy groups -OCH3 is 1. The Morgan fingerprint density at radius 2 is 1.75 bits per heavy atom. The van der Waals surface area contributed by atoms with Crippen LogP contribution in [0, 0.1) is 13.8 Å². The second kappa shape index (κ2) is 7.92. The van der Waals surface area contributed by atoms with Gasteiger partial charge < -0.3 is 10.1 Å². The maximum absolute atomic E-state index is 11.9. The van der Waals surface area contributed by atoms with E-state index >= 15 is 0 Å². The SMILES string of the molecule is COc1ccc(/C=N/NC(=O)C(=O)Nc2cccc(C)c2C)cc1. The van der Waals surface area contributed by atoms with Crippen LogP contribution in [0.1, 0.15) is 16.7 Å². The van der Waals surface area contributed by atoms with E-state index in [-0.39, 0.29) is 0 Å². The Balaban J connectivity index is 1.92. The molecule has 0 heterocycles. The molecule has 0 fully saturated rings. The van der Waals surface area contributed by atoms with Gasteiger partial charge in [-0.05, 0) is 60.9 Å². The van der Waals surface area contributed by atoms with E-state index in [1.807, 2.05) is 26.0 Å². The normalized spacial score (nSPS) is 10.5. The van der Waals surface area contributed by atoms with Crippen LogP contribution in [0.2, 0.25) is 0 Å². The van der Waals surface area contributed by atoms with Gasteiger partial charge in [-0.1, -0.05) is 12.1 Å². The molecule has 0 radical (unpaired) electrons. The molecule has 0 aliphatic heterocycles. The monoisotopic (exact) mass is 325 g/mol. The first-order valence-electron chi connectivity index (χ1n) is 7.36. The minimum Gasteiger partial charge on any atom is -0.497 e. The van der Waals surface area contributed by atoms with E-state index in [2.05, 4.69) is 15.8 Å². The number of carbonyl (C=O) groups excluding carboxylic acids is 2. The van der Waals surface area contributed by atoms with E-state index in [0.29, 0.717) is 5.69 Å². The summed E-state index contributed by atoms with van der Waals surface area (Å²) < 4.78 is 5.05. The van der Waals surface area contributed by atoms with Gasteiger partial charge in [-0.15, -0.1) is 0 Å². The number of nitrogens with zero attached hydrogens (tertiary/aromatic N) is 1. The number of ether oxygens (including phenoxy) is 1. The molecule has 0 saturated carbocycles. The predicted octanol–water partition coefficient (Wildman–Crippen LogP) is 2.40. The average Bonchev–Trinajstić information content (AvgIpc) is 2.59. The van der Waals surface area contributed by atoms with Crippen molar-refractivity contribution in [2.24, 2.45) is 5.10 Å². The molecule has 124 valence electrons. The van der Waals surface area contributed by atoms with Crippen molar-refractivity contribution >= 4 is 23.7 Å². The van der Waals surface area contributed by atoms with E-state index in [9.17, 15) is 9.59 Å². The number of nitrogens with one attached hydrogen (secondary N) is 2. The number of aryl methyl sites for hydroxylation is 1. The number of carbonyl (C=O) groups is 2. The molecule has 2 rings (SSSR count). The summed E-state index contributed by atoms with van der Waals surface area (Å²) in [6.07, 6.45) is 1.45. The number of anilines is 1. The Bertz CT molecular complexity index is 768. The van der Waals surface area contributed by atoms with Gasteiger partial charge in [0.2, 0.25) is 0 Å². The van der Waals surface area contributed by atoms with Crippen LogP contribution >= 0.6 is 0 Å². The van der Waals surface area contributed by atoms with Crippen molar-refractivity contribution < 1.29 is 14.3 Å². The minimum atomic E-state index is -0.833. The van der Waals surface area contributed by atoms with Gasteiger partial charge in [0.15, 0.2) is 0 Å². The van der Waals surface area contributed by atoms with Crippen LogP contribution in [-0.2, 0) is 9.59 Å².